The first-order valence-electron chi connectivity index (χ1n) is 13.6. The Kier molecular flexibility index (Phi) is 10.2. The molecule has 0 N–H and O–H groups in total. The Morgan fingerprint density at radius 2 is 1.32 bits per heavy atom. The van der Waals surface area contributed by atoms with E-state index in [9.17, 15) is 0 Å². The van der Waals surface area contributed by atoms with Crippen molar-refractivity contribution in [2.75, 3.05) is 0 Å². The summed E-state index contributed by atoms with van der Waals surface area (Å²) in [6.07, 6.45) is 12.6. The maximum atomic E-state index is 15.2. The lowest BCUT2D eigenvalue weighted by Crippen LogP contribution is -2.25. The molecule has 2 aliphatic rings. The molecule has 2 aliphatic carbocycles. The molecule has 0 aliphatic heterocycles. The van der Waals surface area contributed by atoms with E-state index in [4.69, 9.17) is 0 Å². The molecule has 34 heavy (non-hydrogen) atoms. The van der Waals surface area contributed by atoms with E-state index in [1.165, 1.54) is 51.4 Å². The number of aryl methyl sites for hydroxylation is 2. The molecule has 0 aromatic heterocycles. The van der Waals surface area contributed by atoms with Crippen LogP contribution >= 0.6 is 15.9 Å². The van der Waals surface area contributed by atoms with Crippen LogP contribution in [0.4, 0.5) is 8.78 Å². The number of halogens is 3. The largest absolute Gasteiger partial charge is 0.203 e. The average molecular weight is 534 g/mol. The number of hydrogen-bond donors (Lipinski definition) is 0. The van der Waals surface area contributed by atoms with Crippen molar-refractivity contribution in [3.63, 3.8) is 0 Å². The van der Waals surface area contributed by atoms with Crippen molar-refractivity contribution in [1.29, 1.82) is 0 Å². The highest BCUT2D eigenvalue weighted by atomic mass is 79.9. The van der Waals surface area contributed by atoms with Gasteiger partial charge in [-0.25, -0.2) is 8.78 Å². The van der Waals surface area contributed by atoms with Gasteiger partial charge in [0.2, 0.25) is 0 Å². The third kappa shape index (κ3) is 6.12. The minimum Gasteiger partial charge on any atom is -0.203 e. The summed E-state index contributed by atoms with van der Waals surface area (Å²) in [5.41, 5.74) is 3.76. The molecule has 0 heterocycles. The van der Waals surface area contributed by atoms with Crippen LogP contribution in [0.5, 0.6) is 0 Å². The van der Waals surface area contributed by atoms with Gasteiger partial charge in [0.05, 0.1) is 0 Å². The van der Waals surface area contributed by atoms with Crippen LogP contribution in [0, 0.1) is 43.2 Å². The van der Waals surface area contributed by atoms with Crippen molar-refractivity contribution in [3.8, 4) is 11.1 Å². The van der Waals surface area contributed by atoms with E-state index in [0.717, 1.165) is 51.8 Å². The second-order valence-corrected chi connectivity index (χ2v) is 11.2. The minimum atomic E-state index is -0.694. The molecule has 0 nitrogen and oxygen atoms in total. The predicted molar refractivity (Wildman–Crippen MR) is 145 cm³/mol. The second kappa shape index (κ2) is 12.7. The maximum absolute atomic E-state index is 15.2. The van der Waals surface area contributed by atoms with Crippen molar-refractivity contribution in [1.82, 2.24) is 0 Å². The summed E-state index contributed by atoms with van der Waals surface area (Å²) in [6.45, 7) is 10.3. The molecule has 3 heteroatoms. The third-order valence-corrected chi connectivity index (χ3v) is 9.58. The Bertz CT molecular complexity index is 912. The van der Waals surface area contributed by atoms with Gasteiger partial charge in [0.15, 0.2) is 11.6 Å². The topological polar surface area (TPSA) is 0 Å². The number of benzene rings is 2. The Morgan fingerprint density at radius 1 is 0.794 bits per heavy atom. The van der Waals surface area contributed by atoms with E-state index in [2.05, 4.69) is 22.9 Å². The summed E-state index contributed by atoms with van der Waals surface area (Å²) >= 11 is 3.56. The lowest BCUT2D eigenvalue weighted by molar-refractivity contribution is 0.156. The van der Waals surface area contributed by atoms with Gasteiger partial charge in [-0.1, -0.05) is 86.6 Å². The highest BCUT2D eigenvalue weighted by Gasteiger charge is 2.32. The van der Waals surface area contributed by atoms with E-state index in [1.54, 1.807) is 6.07 Å². The molecule has 2 fully saturated rings. The van der Waals surface area contributed by atoms with E-state index in [1.807, 2.05) is 45.9 Å². The third-order valence-electron chi connectivity index (χ3n) is 8.33. The summed E-state index contributed by atoms with van der Waals surface area (Å²) in [5.74, 6) is 1.41. The molecule has 2 aromatic carbocycles. The molecule has 0 atom stereocenters. The summed E-state index contributed by atoms with van der Waals surface area (Å²) in [5, 5.41) is 0. The molecular formula is C31H43BrF2. The summed E-state index contributed by atoms with van der Waals surface area (Å²) in [4.78, 5) is 0. The first kappa shape index (κ1) is 27.4. The van der Waals surface area contributed by atoms with Crippen LogP contribution in [0.3, 0.4) is 0 Å². The smallest absolute Gasteiger partial charge is 0.166 e. The lowest BCUT2D eigenvalue weighted by atomic mass is 9.68. The first-order chi connectivity index (χ1) is 16.4. The van der Waals surface area contributed by atoms with Crippen molar-refractivity contribution in [2.24, 2.45) is 17.8 Å². The average Bonchev–Trinajstić information content (AvgIpc) is 2.86. The summed E-state index contributed by atoms with van der Waals surface area (Å²) < 4.78 is 31.4. The van der Waals surface area contributed by atoms with E-state index >= 15 is 8.78 Å². The van der Waals surface area contributed by atoms with Gasteiger partial charge < -0.3 is 0 Å². The van der Waals surface area contributed by atoms with Crippen LogP contribution in [-0.4, -0.2) is 0 Å². The zero-order valence-electron chi connectivity index (χ0n) is 21.8. The Morgan fingerprint density at radius 3 is 1.85 bits per heavy atom. The first-order valence-corrected chi connectivity index (χ1v) is 14.4. The van der Waals surface area contributed by atoms with E-state index < -0.39 is 11.6 Å². The van der Waals surface area contributed by atoms with E-state index in [0.29, 0.717) is 11.1 Å². The molecule has 0 amide bonds. The van der Waals surface area contributed by atoms with Crippen molar-refractivity contribution in [3.05, 3.63) is 57.1 Å². The number of rotatable bonds is 5. The van der Waals surface area contributed by atoms with Gasteiger partial charge >= 0.3 is 0 Å². The zero-order chi connectivity index (χ0) is 24.8. The van der Waals surface area contributed by atoms with Gasteiger partial charge in [-0.05, 0) is 98.3 Å². The van der Waals surface area contributed by atoms with Gasteiger partial charge in [-0.15, -0.1) is 0 Å². The molecule has 2 saturated carbocycles. The van der Waals surface area contributed by atoms with Crippen LogP contribution in [0.15, 0.2) is 28.7 Å². The van der Waals surface area contributed by atoms with Crippen LogP contribution < -0.4 is 0 Å². The predicted octanol–water partition coefficient (Wildman–Crippen LogP) is 10.9. The van der Waals surface area contributed by atoms with E-state index in [-0.39, 0.29) is 5.92 Å². The van der Waals surface area contributed by atoms with Crippen molar-refractivity contribution < 1.29 is 8.78 Å². The standard InChI is InChI=1S/C29H37BrF2.C2H6/c1-4-5-20-6-8-21(9-7-20)22-10-12-23(13-11-22)25-14-15-26(29(32)28(25)31)24-16-18(2)27(30)19(3)17-24;1-2/h14-17,20-23H,4-13H2,1-3H3;1-2H3. The van der Waals surface area contributed by atoms with Crippen LogP contribution in [0.2, 0.25) is 0 Å². The Labute approximate surface area is 215 Å². The van der Waals surface area contributed by atoms with Crippen molar-refractivity contribution in [2.45, 2.75) is 105 Å². The van der Waals surface area contributed by atoms with Crippen LogP contribution in [0.1, 0.15) is 108 Å². The molecular weight excluding hydrogens is 490 g/mol. The van der Waals surface area contributed by atoms with Gasteiger partial charge in [0, 0.05) is 10.0 Å². The number of hydrogen-bond acceptors (Lipinski definition) is 0. The SMILES string of the molecule is CC.CCCC1CCC(C2CCC(c3ccc(-c4cc(C)c(Br)c(C)c4)c(F)c3F)CC2)CC1. The molecule has 2 aromatic rings. The van der Waals surface area contributed by atoms with Crippen LogP contribution in [-0.2, 0) is 0 Å². The highest BCUT2D eigenvalue weighted by molar-refractivity contribution is 9.10. The molecule has 0 spiro atoms. The molecule has 0 unspecified atom stereocenters. The van der Waals surface area contributed by atoms with Gasteiger partial charge in [-0.2, -0.15) is 0 Å². The summed E-state index contributed by atoms with van der Waals surface area (Å²) in [7, 11) is 0. The molecule has 0 radical (unpaired) electrons. The molecule has 0 bridgehead atoms. The van der Waals surface area contributed by atoms with Crippen LogP contribution in [0.25, 0.3) is 11.1 Å². The van der Waals surface area contributed by atoms with Gasteiger partial charge in [0.1, 0.15) is 0 Å². The Hall–Kier alpha value is -1.22. The second-order valence-electron chi connectivity index (χ2n) is 10.4. The minimum absolute atomic E-state index is 0.152. The fraction of sp³-hybridized carbons (Fsp3) is 0.613. The molecule has 188 valence electrons. The monoisotopic (exact) mass is 532 g/mol. The fourth-order valence-corrected chi connectivity index (χ4v) is 6.69. The van der Waals surface area contributed by atoms with Gasteiger partial charge in [-0.3, -0.25) is 0 Å². The lowest BCUT2D eigenvalue weighted by Gasteiger charge is -2.38. The Balaban J connectivity index is 0.00000158. The summed E-state index contributed by atoms with van der Waals surface area (Å²) in [6, 6.07) is 7.49. The zero-order valence-corrected chi connectivity index (χ0v) is 23.4. The quantitative estimate of drug-likeness (QED) is 0.359. The van der Waals surface area contributed by atoms with Crippen molar-refractivity contribution >= 4 is 15.9 Å². The maximum Gasteiger partial charge on any atom is 0.166 e. The molecule has 0 saturated heterocycles. The fourth-order valence-electron chi connectivity index (χ4n) is 6.46. The molecule has 4 rings (SSSR count). The normalized spacial score (nSPS) is 24.9. The van der Waals surface area contributed by atoms with Gasteiger partial charge in [0.25, 0.3) is 0 Å². The highest BCUT2D eigenvalue weighted by Crippen LogP contribution is 2.45.